The highest BCUT2D eigenvalue weighted by Gasteiger charge is 2.46. The van der Waals surface area contributed by atoms with Crippen LogP contribution in [0.1, 0.15) is 55.6 Å². The molecule has 0 spiro atoms. The summed E-state index contributed by atoms with van der Waals surface area (Å²) < 4.78 is 5.63. The molecule has 7 nitrogen and oxygen atoms in total. The Bertz CT molecular complexity index is 1060. The fourth-order valence-corrected chi connectivity index (χ4v) is 5.57. The number of aliphatic carboxylic acids is 1. The first-order valence-corrected chi connectivity index (χ1v) is 12.1. The largest absolute Gasteiger partial charge is 0.481 e. The van der Waals surface area contributed by atoms with E-state index < -0.39 is 17.6 Å². The molecule has 34 heavy (non-hydrogen) atoms. The number of carboxylic acid groups (broad SMARTS) is 1. The van der Waals surface area contributed by atoms with Crippen LogP contribution in [0, 0.1) is 11.8 Å². The molecule has 0 aromatic heterocycles. The van der Waals surface area contributed by atoms with Gasteiger partial charge in [-0.1, -0.05) is 55.0 Å². The summed E-state index contributed by atoms with van der Waals surface area (Å²) in [5, 5.41) is 15.1. The van der Waals surface area contributed by atoms with E-state index in [9.17, 15) is 19.5 Å². The summed E-state index contributed by atoms with van der Waals surface area (Å²) in [5.41, 5.74) is 4.10. The van der Waals surface area contributed by atoms with E-state index >= 15 is 0 Å². The van der Waals surface area contributed by atoms with Crippen LogP contribution >= 0.6 is 0 Å². The number of nitrogens with one attached hydrogen (secondary N) is 2. The minimum atomic E-state index is -0.785. The molecule has 0 unspecified atom stereocenters. The lowest BCUT2D eigenvalue weighted by molar-refractivity contribution is -0.143. The second-order valence-electron chi connectivity index (χ2n) is 9.85. The summed E-state index contributed by atoms with van der Waals surface area (Å²) in [6.45, 7) is 0.608. The zero-order chi connectivity index (χ0) is 23.7. The van der Waals surface area contributed by atoms with E-state index in [4.69, 9.17) is 4.74 Å². The molecule has 0 bridgehead atoms. The number of hydrogen-bond acceptors (Lipinski definition) is 4. The average Bonchev–Trinajstić information content (AvgIpc) is 3.28. The van der Waals surface area contributed by atoms with E-state index in [2.05, 4.69) is 34.9 Å². The Hall–Kier alpha value is -3.35. The number of carboxylic acids is 1. The number of benzene rings is 2. The van der Waals surface area contributed by atoms with Crippen molar-refractivity contribution in [1.29, 1.82) is 0 Å². The van der Waals surface area contributed by atoms with Gasteiger partial charge in [0.15, 0.2) is 0 Å². The maximum absolute atomic E-state index is 12.6. The number of fused-ring (bicyclic) bond motifs is 3. The highest BCUT2D eigenvalue weighted by atomic mass is 16.5. The van der Waals surface area contributed by atoms with E-state index in [1.165, 1.54) is 11.1 Å². The molecule has 3 aliphatic rings. The van der Waals surface area contributed by atoms with Crippen molar-refractivity contribution in [3.8, 4) is 11.1 Å². The fourth-order valence-electron chi connectivity index (χ4n) is 5.57. The molecule has 2 fully saturated rings. The van der Waals surface area contributed by atoms with Crippen LogP contribution < -0.4 is 10.6 Å². The Morgan fingerprint density at radius 1 is 0.971 bits per heavy atom. The second kappa shape index (κ2) is 9.12. The number of carbonyl (C=O) groups excluding carboxylic acids is 2. The van der Waals surface area contributed by atoms with Gasteiger partial charge in [0.1, 0.15) is 6.61 Å². The van der Waals surface area contributed by atoms with Crippen LogP contribution in [0.15, 0.2) is 48.5 Å². The molecular weight excluding hydrogens is 432 g/mol. The molecule has 0 saturated heterocycles. The molecule has 2 saturated carbocycles. The van der Waals surface area contributed by atoms with Gasteiger partial charge in [0.2, 0.25) is 5.91 Å². The lowest BCUT2D eigenvalue weighted by Gasteiger charge is -2.20. The van der Waals surface area contributed by atoms with Gasteiger partial charge in [0.05, 0.1) is 11.5 Å². The molecule has 2 amide bonds. The number of carbonyl (C=O) groups is 3. The van der Waals surface area contributed by atoms with E-state index in [1.54, 1.807) is 0 Å². The van der Waals surface area contributed by atoms with Crippen molar-refractivity contribution in [2.24, 2.45) is 11.8 Å². The van der Waals surface area contributed by atoms with Crippen molar-refractivity contribution >= 4 is 18.0 Å². The molecule has 5 rings (SSSR count). The van der Waals surface area contributed by atoms with Crippen LogP contribution in [0.4, 0.5) is 4.79 Å². The van der Waals surface area contributed by atoms with E-state index in [0.29, 0.717) is 13.0 Å². The van der Waals surface area contributed by atoms with Crippen molar-refractivity contribution in [2.75, 3.05) is 13.2 Å². The monoisotopic (exact) mass is 462 g/mol. The molecule has 2 aromatic carbocycles. The van der Waals surface area contributed by atoms with Crippen LogP contribution in [0.3, 0.4) is 0 Å². The predicted molar refractivity (Wildman–Crippen MR) is 126 cm³/mol. The highest BCUT2D eigenvalue weighted by Crippen LogP contribution is 2.44. The van der Waals surface area contributed by atoms with Gasteiger partial charge in [-0.05, 0) is 53.9 Å². The number of alkyl carbamates (subject to hydrolysis) is 1. The average molecular weight is 463 g/mol. The quantitative estimate of drug-likeness (QED) is 0.549. The lowest BCUT2D eigenvalue weighted by Crippen LogP contribution is -2.42. The van der Waals surface area contributed by atoms with Crippen molar-refractivity contribution < 1.29 is 24.2 Å². The number of amides is 2. The van der Waals surface area contributed by atoms with Crippen LogP contribution in [0.25, 0.3) is 11.1 Å². The lowest BCUT2D eigenvalue weighted by atomic mass is 9.96. The van der Waals surface area contributed by atoms with E-state index in [0.717, 1.165) is 36.8 Å². The first kappa shape index (κ1) is 22.4. The minimum Gasteiger partial charge on any atom is -0.481 e. The smallest absolute Gasteiger partial charge is 0.407 e. The van der Waals surface area contributed by atoms with Gasteiger partial charge in [0, 0.05) is 18.9 Å². The normalized spacial score (nSPS) is 21.9. The zero-order valence-electron chi connectivity index (χ0n) is 19.1. The first-order valence-electron chi connectivity index (χ1n) is 12.1. The molecular formula is C27H30N2O5. The molecule has 2 aromatic rings. The van der Waals surface area contributed by atoms with Gasteiger partial charge in [-0.2, -0.15) is 0 Å². The molecule has 2 atom stereocenters. The number of rotatable bonds is 8. The SMILES string of the molecule is O=C(CC1(NC(=O)OCC2c3ccccc3-c3ccccc32)CC1)NC[C@H]1CCC[C@H]1C(=O)O. The van der Waals surface area contributed by atoms with Gasteiger partial charge in [-0.3, -0.25) is 9.59 Å². The summed E-state index contributed by atoms with van der Waals surface area (Å²) in [4.78, 5) is 36.5. The third-order valence-electron chi connectivity index (χ3n) is 7.60. The van der Waals surface area contributed by atoms with Crippen molar-refractivity contribution in [3.05, 3.63) is 59.7 Å². The fraction of sp³-hybridized carbons (Fsp3) is 0.444. The highest BCUT2D eigenvalue weighted by molar-refractivity contribution is 5.80. The Kier molecular flexibility index (Phi) is 6.02. The maximum atomic E-state index is 12.6. The topological polar surface area (TPSA) is 105 Å². The standard InChI is InChI=1S/C27H30N2O5/c30-24(28-15-17-6-5-11-18(17)25(31)32)14-27(12-13-27)29-26(33)34-16-23-21-9-3-1-7-19(21)20-8-2-4-10-22(20)23/h1-4,7-10,17-18,23H,5-6,11-16H2,(H,28,30)(H,29,33)(H,31,32)/t17-,18-/m1/s1. The summed E-state index contributed by atoms with van der Waals surface area (Å²) in [6.07, 6.45) is 3.50. The predicted octanol–water partition coefficient (Wildman–Crippen LogP) is 4.06. The van der Waals surface area contributed by atoms with E-state index in [1.807, 2.05) is 24.3 Å². The van der Waals surface area contributed by atoms with Crippen LogP contribution in [-0.2, 0) is 14.3 Å². The van der Waals surface area contributed by atoms with Gasteiger partial charge in [-0.25, -0.2) is 4.79 Å². The zero-order valence-corrected chi connectivity index (χ0v) is 19.1. The Morgan fingerprint density at radius 3 is 2.24 bits per heavy atom. The minimum absolute atomic E-state index is 0.00908. The summed E-state index contributed by atoms with van der Waals surface area (Å²) in [5.74, 6) is -1.36. The van der Waals surface area contributed by atoms with Gasteiger partial charge >= 0.3 is 12.1 Å². The molecule has 3 N–H and O–H groups in total. The molecule has 0 radical (unpaired) electrons. The Morgan fingerprint density at radius 2 is 1.62 bits per heavy atom. The third-order valence-corrected chi connectivity index (χ3v) is 7.60. The number of hydrogen-bond donors (Lipinski definition) is 3. The second-order valence-corrected chi connectivity index (χ2v) is 9.85. The van der Waals surface area contributed by atoms with Crippen LogP contribution in [0.5, 0.6) is 0 Å². The van der Waals surface area contributed by atoms with Gasteiger partial charge < -0.3 is 20.5 Å². The molecule has 7 heteroatoms. The maximum Gasteiger partial charge on any atom is 0.407 e. The first-order chi connectivity index (χ1) is 16.5. The van der Waals surface area contributed by atoms with Crippen LogP contribution in [-0.4, -0.2) is 41.8 Å². The molecule has 0 heterocycles. The van der Waals surface area contributed by atoms with Crippen molar-refractivity contribution in [1.82, 2.24) is 10.6 Å². The van der Waals surface area contributed by atoms with E-state index in [-0.39, 0.29) is 36.7 Å². The van der Waals surface area contributed by atoms with Gasteiger partial charge in [0.25, 0.3) is 0 Å². The Labute approximate surface area is 198 Å². The summed E-state index contributed by atoms with van der Waals surface area (Å²) in [7, 11) is 0. The third kappa shape index (κ3) is 4.52. The van der Waals surface area contributed by atoms with Crippen molar-refractivity contribution in [2.45, 2.75) is 50.0 Å². The summed E-state index contributed by atoms with van der Waals surface area (Å²) >= 11 is 0. The molecule has 178 valence electrons. The number of ether oxygens (including phenoxy) is 1. The van der Waals surface area contributed by atoms with Crippen LogP contribution in [0.2, 0.25) is 0 Å². The summed E-state index contributed by atoms with van der Waals surface area (Å²) in [6, 6.07) is 16.4. The molecule has 0 aliphatic heterocycles. The Balaban J connectivity index is 1.13. The molecule has 3 aliphatic carbocycles. The van der Waals surface area contributed by atoms with Crippen molar-refractivity contribution in [3.63, 3.8) is 0 Å². The van der Waals surface area contributed by atoms with Gasteiger partial charge in [-0.15, -0.1) is 0 Å².